The van der Waals surface area contributed by atoms with E-state index in [1.165, 1.54) is 22.9 Å². The van der Waals surface area contributed by atoms with Crippen LogP contribution in [-0.4, -0.2) is 43.5 Å². The fraction of sp³-hybridized carbons (Fsp3) is 0.471. The van der Waals surface area contributed by atoms with Gasteiger partial charge in [0, 0.05) is 22.7 Å². The lowest BCUT2D eigenvalue weighted by Gasteiger charge is -2.39. The van der Waals surface area contributed by atoms with Crippen molar-refractivity contribution in [2.75, 3.05) is 11.6 Å². The number of benzene rings is 1. The summed E-state index contributed by atoms with van der Waals surface area (Å²) in [5.41, 5.74) is 0.791. The molecular formula is C17H22ClN5OS. The van der Waals surface area contributed by atoms with Gasteiger partial charge in [-0.15, -0.1) is 10.2 Å². The lowest BCUT2D eigenvalue weighted by molar-refractivity contribution is -0.134. The van der Waals surface area contributed by atoms with Crippen molar-refractivity contribution in [2.24, 2.45) is 0 Å². The molecule has 1 fully saturated rings. The molecule has 0 unspecified atom stereocenters. The topological polar surface area (TPSA) is 77.0 Å². The average molecular weight is 380 g/mol. The molecule has 2 aromatic rings. The number of carbonyl (C=O) groups excluding carboxylic acids is 1. The Balaban J connectivity index is 1.69. The summed E-state index contributed by atoms with van der Waals surface area (Å²) in [6.45, 7) is 4.22. The number of aromatic nitrogens is 3. The predicted octanol–water partition coefficient (Wildman–Crippen LogP) is 3.19. The quantitative estimate of drug-likeness (QED) is 0.652. The van der Waals surface area contributed by atoms with Crippen LogP contribution in [0.5, 0.6) is 0 Å². The molecule has 3 rings (SSSR count). The number of nitrogens with two attached hydrogens (primary N) is 1. The van der Waals surface area contributed by atoms with Crippen LogP contribution in [0.25, 0.3) is 11.4 Å². The Kier molecular flexibility index (Phi) is 5.54. The molecular weight excluding hydrogens is 358 g/mol. The van der Waals surface area contributed by atoms with Gasteiger partial charge in [0.2, 0.25) is 11.1 Å². The maximum atomic E-state index is 12.6. The molecule has 0 bridgehead atoms. The Labute approximate surface area is 156 Å². The monoisotopic (exact) mass is 379 g/mol. The fourth-order valence-electron chi connectivity index (χ4n) is 3.31. The number of thioether (sulfide) groups is 1. The third-order valence-electron chi connectivity index (χ3n) is 4.55. The molecule has 2 heterocycles. The number of piperidine rings is 1. The van der Waals surface area contributed by atoms with Crippen LogP contribution in [0.1, 0.15) is 33.1 Å². The highest BCUT2D eigenvalue weighted by Gasteiger charge is 2.29. The van der Waals surface area contributed by atoms with Gasteiger partial charge < -0.3 is 10.7 Å². The minimum Gasteiger partial charge on any atom is -0.337 e. The van der Waals surface area contributed by atoms with E-state index in [1.807, 2.05) is 17.0 Å². The molecule has 0 spiro atoms. The second-order valence-electron chi connectivity index (χ2n) is 6.41. The molecule has 0 radical (unpaired) electrons. The third kappa shape index (κ3) is 3.93. The van der Waals surface area contributed by atoms with Crippen molar-refractivity contribution in [2.45, 2.75) is 50.4 Å². The highest BCUT2D eigenvalue weighted by atomic mass is 35.5. The number of nitrogens with zero attached hydrogens (tertiary/aromatic N) is 4. The molecule has 0 aliphatic carbocycles. The van der Waals surface area contributed by atoms with Gasteiger partial charge in [0.1, 0.15) is 0 Å². The standard InChI is InChI=1S/C17H22ClN5OS/c1-11-5-3-6-12(2)22(11)15(24)10-25-17-21-20-16(23(17)19)13-7-4-8-14(18)9-13/h4,7-9,11-12H,3,5-6,10,19H2,1-2H3/t11-,12-/m1/s1. The first-order chi connectivity index (χ1) is 12.0. The SMILES string of the molecule is C[C@@H]1CCC[C@@H](C)N1C(=O)CSc1nnc(-c2cccc(Cl)c2)n1N. The molecule has 1 aromatic carbocycles. The summed E-state index contributed by atoms with van der Waals surface area (Å²) in [5, 5.41) is 9.37. The Morgan fingerprint density at radius 1 is 1.32 bits per heavy atom. The van der Waals surface area contributed by atoms with E-state index >= 15 is 0 Å². The number of hydrogen-bond donors (Lipinski definition) is 1. The third-order valence-corrected chi connectivity index (χ3v) is 5.72. The zero-order valence-electron chi connectivity index (χ0n) is 14.4. The molecule has 1 aliphatic heterocycles. The van der Waals surface area contributed by atoms with Gasteiger partial charge in [0.05, 0.1) is 5.75 Å². The van der Waals surface area contributed by atoms with E-state index in [1.54, 1.807) is 12.1 Å². The first kappa shape index (κ1) is 18.1. The van der Waals surface area contributed by atoms with Crippen molar-refractivity contribution in [3.8, 4) is 11.4 Å². The molecule has 0 saturated carbocycles. The predicted molar refractivity (Wildman–Crippen MR) is 101 cm³/mol. The summed E-state index contributed by atoms with van der Waals surface area (Å²) in [5.74, 6) is 7.06. The fourth-order valence-corrected chi connectivity index (χ4v) is 4.23. The van der Waals surface area contributed by atoms with E-state index in [4.69, 9.17) is 17.4 Å². The molecule has 134 valence electrons. The molecule has 2 N–H and O–H groups in total. The zero-order valence-corrected chi connectivity index (χ0v) is 15.9. The highest BCUT2D eigenvalue weighted by molar-refractivity contribution is 7.99. The minimum atomic E-state index is 0.122. The summed E-state index contributed by atoms with van der Waals surface area (Å²) in [7, 11) is 0. The van der Waals surface area contributed by atoms with Crippen LogP contribution in [-0.2, 0) is 4.79 Å². The summed E-state index contributed by atoms with van der Waals surface area (Å²) in [6.07, 6.45) is 3.30. The van der Waals surface area contributed by atoms with Crippen LogP contribution in [0.4, 0.5) is 0 Å². The van der Waals surface area contributed by atoms with Gasteiger partial charge in [-0.3, -0.25) is 4.79 Å². The van der Waals surface area contributed by atoms with Gasteiger partial charge in [0.25, 0.3) is 0 Å². The van der Waals surface area contributed by atoms with Crippen molar-refractivity contribution in [1.29, 1.82) is 0 Å². The smallest absolute Gasteiger partial charge is 0.233 e. The van der Waals surface area contributed by atoms with Crippen molar-refractivity contribution in [3.63, 3.8) is 0 Å². The van der Waals surface area contributed by atoms with Gasteiger partial charge in [-0.1, -0.05) is 35.5 Å². The molecule has 25 heavy (non-hydrogen) atoms. The van der Waals surface area contributed by atoms with Gasteiger partial charge in [-0.2, -0.15) is 0 Å². The largest absolute Gasteiger partial charge is 0.337 e. The first-order valence-corrected chi connectivity index (χ1v) is 9.74. The van der Waals surface area contributed by atoms with Crippen LogP contribution in [0.2, 0.25) is 5.02 Å². The molecule has 2 atom stereocenters. The number of hydrogen-bond acceptors (Lipinski definition) is 5. The Morgan fingerprint density at radius 3 is 2.72 bits per heavy atom. The number of nitrogen functional groups attached to an aromatic ring is 1. The van der Waals surface area contributed by atoms with Gasteiger partial charge in [-0.05, 0) is 45.2 Å². The van der Waals surface area contributed by atoms with Gasteiger partial charge >= 0.3 is 0 Å². The van der Waals surface area contributed by atoms with E-state index < -0.39 is 0 Å². The lowest BCUT2D eigenvalue weighted by atomic mass is 9.98. The number of carbonyl (C=O) groups is 1. The van der Waals surface area contributed by atoms with Crippen molar-refractivity contribution >= 4 is 29.3 Å². The number of amides is 1. The maximum absolute atomic E-state index is 12.6. The summed E-state index contributed by atoms with van der Waals surface area (Å²) in [4.78, 5) is 14.6. The number of likely N-dealkylation sites (tertiary alicyclic amines) is 1. The molecule has 1 aromatic heterocycles. The van der Waals surface area contributed by atoms with E-state index in [2.05, 4.69) is 24.0 Å². The van der Waals surface area contributed by atoms with Crippen LogP contribution in [0, 0.1) is 0 Å². The van der Waals surface area contributed by atoms with Crippen molar-refractivity contribution in [1.82, 2.24) is 19.8 Å². The van der Waals surface area contributed by atoms with Crippen LogP contribution in [0.3, 0.4) is 0 Å². The van der Waals surface area contributed by atoms with E-state index in [9.17, 15) is 4.79 Å². The second kappa shape index (κ2) is 7.66. The molecule has 1 aliphatic rings. The number of rotatable bonds is 4. The van der Waals surface area contributed by atoms with Gasteiger partial charge in [0.15, 0.2) is 5.82 Å². The van der Waals surface area contributed by atoms with Crippen LogP contribution >= 0.6 is 23.4 Å². The van der Waals surface area contributed by atoms with Crippen molar-refractivity contribution < 1.29 is 4.79 Å². The molecule has 6 nitrogen and oxygen atoms in total. The molecule has 1 saturated heterocycles. The van der Waals surface area contributed by atoms with Crippen LogP contribution < -0.4 is 5.84 Å². The Morgan fingerprint density at radius 2 is 2.04 bits per heavy atom. The molecule has 8 heteroatoms. The zero-order chi connectivity index (χ0) is 18.0. The first-order valence-electron chi connectivity index (χ1n) is 8.37. The summed E-state index contributed by atoms with van der Waals surface area (Å²) >= 11 is 7.33. The van der Waals surface area contributed by atoms with Crippen molar-refractivity contribution in [3.05, 3.63) is 29.3 Å². The number of halogens is 1. The highest BCUT2D eigenvalue weighted by Crippen LogP contribution is 2.26. The normalized spacial score (nSPS) is 20.7. The van der Waals surface area contributed by atoms with E-state index in [0.717, 1.165) is 18.4 Å². The molecule has 1 amide bonds. The second-order valence-corrected chi connectivity index (χ2v) is 7.78. The maximum Gasteiger partial charge on any atom is 0.233 e. The average Bonchev–Trinajstić information content (AvgIpc) is 2.93. The summed E-state index contributed by atoms with van der Waals surface area (Å²) in [6, 6.07) is 7.85. The van der Waals surface area contributed by atoms with E-state index in [-0.39, 0.29) is 18.0 Å². The Bertz CT molecular complexity index is 755. The minimum absolute atomic E-state index is 0.122. The van der Waals surface area contributed by atoms with E-state index in [0.29, 0.717) is 21.8 Å². The van der Waals surface area contributed by atoms with Gasteiger partial charge in [-0.25, -0.2) is 4.68 Å². The van der Waals surface area contributed by atoms with Crippen LogP contribution in [0.15, 0.2) is 29.4 Å². The Hall–Kier alpha value is -1.73. The summed E-state index contributed by atoms with van der Waals surface area (Å²) < 4.78 is 1.41. The lowest BCUT2D eigenvalue weighted by Crippen LogP contribution is -2.48.